The van der Waals surface area contributed by atoms with Crippen LogP contribution in [0.2, 0.25) is 0 Å². The molecule has 0 saturated carbocycles. The number of aliphatic hydroxyl groups excluding tert-OH is 1. The van der Waals surface area contributed by atoms with E-state index in [1.807, 2.05) is 0 Å². The van der Waals surface area contributed by atoms with E-state index in [0.29, 0.717) is 5.56 Å². The Hall–Kier alpha value is -1.13. The van der Waals surface area contributed by atoms with E-state index in [2.05, 4.69) is 0 Å². The summed E-state index contributed by atoms with van der Waals surface area (Å²) in [5, 5.41) is 9.55. The maximum Gasteiger partial charge on any atom is 0.165 e. The third kappa shape index (κ3) is 2.21. The number of methoxy groups -OCH3 is 1. The Morgan fingerprint density at radius 1 is 1.50 bits per heavy atom. The highest BCUT2D eigenvalue weighted by molar-refractivity contribution is 5.30. The highest BCUT2D eigenvalue weighted by Crippen LogP contribution is 2.22. The molecule has 1 aromatic carbocycles. The zero-order valence-corrected chi connectivity index (χ0v) is 8.20. The average Bonchev–Trinajstić information content (AvgIpc) is 2.16. The van der Waals surface area contributed by atoms with Crippen LogP contribution >= 0.6 is 0 Å². The molecule has 0 aliphatic heterocycles. The molecule has 3 N–H and O–H groups in total. The van der Waals surface area contributed by atoms with Gasteiger partial charge in [-0.1, -0.05) is 6.07 Å². The molecule has 0 aromatic heterocycles. The highest BCUT2D eigenvalue weighted by atomic mass is 19.1. The van der Waals surface area contributed by atoms with Crippen LogP contribution < -0.4 is 10.5 Å². The molecule has 2 unspecified atom stereocenters. The number of rotatable bonds is 3. The van der Waals surface area contributed by atoms with Gasteiger partial charge in [0.05, 0.1) is 13.2 Å². The number of hydrogen-bond donors (Lipinski definition) is 2. The number of halogens is 1. The second-order valence-corrected chi connectivity index (χ2v) is 3.20. The Balaban J connectivity index is 2.96. The molecule has 2 atom stereocenters. The van der Waals surface area contributed by atoms with Gasteiger partial charge >= 0.3 is 0 Å². The van der Waals surface area contributed by atoms with E-state index in [9.17, 15) is 9.50 Å². The minimum atomic E-state index is -0.851. The van der Waals surface area contributed by atoms with E-state index < -0.39 is 18.0 Å². The molecule has 0 amide bonds. The van der Waals surface area contributed by atoms with Crippen LogP contribution in [0.5, 0.6) is 5.75 Å². The second-order valence-electron chi connectivity index (χ2n) is 3.20. The van der Waals surface area contributed by atoms with E-state index >= 15 is 0 Å². The molecular formula is C10H14FNO2. The summed E-state index contributed by atoms with van der Waals surface area (Å²) >= 11 is 0. The van der Waals surface area contributed by atoms with Crippen LogP contribution in [0.25, 0.3) is 0 Å². The summed E-state index contributed by atoms with van der Waals surface area (Å²) in [6, 6.07) is 3.86. The van der Waals surface area contributed by atoms with Crippen LogP contribution in [-0.4, -0.2) is 18.3 Å². The molecule has 0 heterocycles. The number of aliphatic hydroxyl groups is 1. The summed E-state index contributed by atoms with van der Waals surface area (Å²) in [6.07, 6.45) is -0.851. The predicted octanol–water partition coefficient (Wildman–Crippen LogP) is 1.21. The SMILES string of the molecule is COc1ccc(C(O)C(C)N)cc1F. The van der Waals surface area contributed by atoms with Gasteiger partial charge in [0, 0.05) is 6.04 Å². The Kier molecular flexibility index (Phi) is 3.43. The molecule has 0 fully saturated rings. The van der Waals surface area contributed by atoms with Gasteiger partial charge < -0.3 is 15.6 Å². The molecule has 4 heteroatoms. The van der Waals surface area contributed by atoms with Gasteiger partial charge in [0.1, 0.15) is 0 Å². The van der Waals surface area contributed by atoms with Crippen LogP contribution in [0, 0.1) is 5.82 Å². The molecule has 0 aliphatic carbocycles. The van der Waals surface area contributed by atoms with Gasteiger partial charge in [-0.25, -0.2) is 4.39 Å². The maximum absolute atomic E-state index is 13.2. The Bertz CT molecular complexity index is 315. The Labute approximate surface area is 82.3 Å². The lowest BCUT2D eigenvalue weighted by molar-refractivity contribution is 0.153. The van der Waals surface area contributed by atoms with Crippen molar-refractivity contribution in [3.63, 3.8) is 0 Å². The first kappa shape index (κ1) is 10.9. The van der Waals surface area contributed by atoms with Crippen molar-refractivity contribution in [2.45, 2.75) is 19.1 Å². The molecular weight excluding hydrogens is 185 g/mol. The Morgan fingerprint density at radius 2 is 2.14 bits per heavy atom. The van der Waals surface area contributed by atoms with Crippen molar-refractivity contribution in [1.82, 2.24) is 0 Å². The van der Waals surface area contributed by atoms with E-state index in [0.717, 1.165) is 0 Å². The molecule has 78 valence electrons. The number of hydrogen-bond acceptors (Lipinski definition) is 3. The summed E-state index contributed by atoms with van der Waals surface area (Å²) < 4.78 is 17.9. The van der Waals surface area contributed by atoms with E-state index in [1.165, 1.54) is 19.2 Å². The average molecular weight is 199 g/mol. The van der Waals surface area contributed by atoms with Gasteiger partial charge in [-0.15, -0.1) is 0 Å². The maximum atomic E-state index is 13.2. The smallest absolute Gasteiger partial charge is 0.165 e. The van der Waals surface area contributed by atoms with Crippen LogP contribution in [0.15, 0.2) is 18.2 Å². The molecule has 1 aromatic rings. The number of ether oxygens (including phenoxy) is 1. The molecule has 0 radical (unpaired) electrons. The van der Waals surface area contributed by atoms with E-state index in [-0.39, 0.29) is 5.75 Å². The van der Waals surface area contributed by atoms with Crippen LogP contribution in [0.1, 0.15) is 18.6 Å². The van der Waals surface area contributed by atoms with Crippen LogP contribution in [0.4, 0.5) is 4.39 Å². The van der Waals surface area contributed by atoms with Crippen molar-refractivity contribution in [1.29, 1.82) is 0 Å². The minimum Gasteiger partial charge on any atom is -0.494 e. The molecule has 0 spiro atoms. The standard InChI is InChI=1S/C10H14FNO2/c1-6(12)10(13)7-3-4-9(14-2)8(11)5-7/h3-6,10,13H,12H2,1-2H3. The third-order valence-corrected chi connectivity index (χ3v) is 2.02. The summed E-state index contributed by atoms with van der Waals surface area (Å²) in [5.74, 6) is -0.338. The lowest BCUT2D eigenvalue weighted by atomic mass is 10.0. The van der Waals surface area contributed by atoms with Crippen molar-refractivity contribution >= 4 is 0 Å². The molecule has 1 rings (SSSR count). The summed E-state index contributed by atoms with van der Waals surface area (Å²) in [6.45, 7) is 1.66. The molecule has 3 nitrogen and oxygen atoms in total. The first-order chi connectivity index (χ1) is 6.56. The topological polar surface area (TPSA) is 55.5 Å². The van der Waals surface area contributed by atoms with E-state index in [1.54, 1.807) is 13.0 Å². The monoisotopic (exact) mass is 199 g/mol. The fourth-order valence-corrected chi connectivity index (χ4v) is 1.17. The highest BCUT2D eigenvalue weighted by Gasteiger charge is 2.14. The Morgan fingerprint density at radius 3 is 2.57 bits per heavy atom. The third-order valence-electron chi connectivity index (χ3n) is 2.02. The summed E-state index contributed by atoms with van der Waals surface area (Å²) in [4.78, 5) is 0. The number of benzene rings is 1. The van der Waals surface area contributed by atoms with Crippen LogP contribution in [-0.2, 0) is 0 Å². The van der Waals surface area contributed by atoms with Crippen LogP contribution in [0.3, 0.4) is 0 Å². The lowest BCUT2D eigenvalue weighted by Gasteiger charge is -2.15. The first-order valence-electron chi connectivity index (χ1n) is 4.33. The summed E-state index contributed by atoms with van der Waals surface area (Å²) in [5.41, 5.74) is 5.94. The first-order valence-corrected chi connectivity index (χ1v) is 4.33. The lowest BCUT2D eigenvalue weighted by Crippen LogP contribution is -2.24. The summed E-state index contributed by atoms with van der Waals surface area (Å²) in [7, 11) is 1.39. The van der Waals surface area contributed by atoms with Gasteiger partial charge in [0.15, 0.2) is 11.6 Å². The number of nitrogens with two attached hydrogens (primary N) is 1. The van der Waals surface area contributed by atoms with Crippen molar-refractivity contribution in [2.24, 2.45) is 5.73 Å². The molecule has 0 aliphatic rings. The molecule has 0 saturated heterocycles. The zero-order chi connectivity index (χ0) is 10.7. The molecule has 14 heavy (non-hydrogen) atoms. The van der Waals surface area contributed by atoms with Gasteiger partial charge in [-0.2, -0.15) is 0 Å². The van der Waals surface area contributed by atoms with Crippen molar-refractivity contribution in [3.05, 3.63) is 29.6 Å². The van der Waals surface area contributed by atoms with Crippen molar-refractivity contribution in [2.75, 3.05) is 7.11 Å². The van der Waals surface area contributed by atoms with Crippen molar-refractivity contribution in [3.8, 4) is 5.75 Å². The fraction of sp³-hybridized carbons (Fsp3) is 0.400. The predicted molar refractivity (Wildman–Crippen MR) is 51.6 cm³/mol. The molecule has 0 bridgehead atoms. The van der Waals surface area contributed by atoms with Gasteiger partial charge in [-0.05, 0) is 24.6 Å². The normalized spacial score (nSPS) is 14.9. The quantitative estimate of drug-likeness (QED) is 0.769. The van der Waals surface area contributed by atoms with Crippen molar-refractivity contribution < 1.29 is 14.2 Å². The largest absolute Gasteiger partial charge is 0.494 e. The second kappa shape index (κ2) is 4.39. The van der Waals surface area contributed by atoms with Gasteiger partial charge in [0.25, 0.3) is 0 Å². The minimum absolute atomic E-state index is 0.158. The van der Waals surface area contributed by atoms with E-state index in [4.69, 9.17) is 10.5 Å². The van der Waals surface area contributed by atoms with Gasteiger partial charge in [-0.3, -0.25) is 0 Å². The van der Waals surface area contributed by atoms with Gasteiger partial charge in [0.2, 0.25) is 0 Å². The fourth-order valence-electron chi connectivity index (χ4n) is 1.17. The zero-order valence-electron chi connectivity index (χ0n) is 8.20.